The molecule has 0 radical (unpaired) electrons. The zero-order valence-electron chi connectivity index (χ0n) is 31.8. The van der Waals surface area contributed by atoms with Crippen molar-refractivity contribution in [1.29, 1.82) is 0 Å². The van der Waals surface area contributed by atoms with Crippen LogP contribution in [-0.2, 0) is 64.7 Å². The van der Waals surface area contributed by atoms with Crippen molar-refractivity contribution in [3.63, 3.8) is 0 Å². The lowest BCUT2D eigenvalue weighted by Gasteiger charge is -2.29. The van der Waals surface area contributed by atoms with E-state index in [1.54, 1.807) is 0 Å². The van der Waals surface area contributed by atoms with Crippen LogP contribution in [0.3, 0.4) is 0 Å². The number of carbonyl (C=O) groups excluding carboxylic acids is 2. The third kappa shape index (κ3) is 9.26. The van der Waals surface area contributed by atoms with Gasteiger partial charge in [-0.3, -0.25) is 27.2 Å². The van der Waals surface area contributed by atoms with Crippen LogP contribution in [0.4, 0.5) is 30.0 Å². The zero-order valence-corrected chi connectivity index (χ0v) is 33.6. The molecule has 3 aliphatic rings. The highest BCUT2D eigenvalue weighted by molar-refractivity contribution is 7.48. The van der Waals surface area contributed by atoms with Crippen molar-refractivity contribution in [3.8, 4) is 0 Å². The van der Waals surface area contributed by atoms with E-state index in [1.807, 2.05) is 0 Å². The van der Waals surface area contributed by atoms with Gasteiger partial charge in [0.1, 0.15) is 48.1 Å². The Morgan fingerprint density at radius 1 is 0.717 bits per heavy atom. The van der Waals surface area contributed by atoms with Gasteiger partial charge in [0.2, 0.25) is 13.6 Å². The predicted molar refractivity (Wildman–Crippen MR) is 191 cm³/mol. The second-order valence-electron chi connectivity index (χ2n) is 13.4. The summed E-state index contributed by atoms with van der Waals surface area (Å²) < 4.78 is 129. The molecular weight excluding hydrogens is 856 g/mol. The lowest BCUT2D eigenvalue weighted by atomic mass is 10.1. The Bertz CT molecular complexity index is 2130. The Morgan fingerprint density at radius 3 is 1.50 bits per heavy atom. The van der Waals surface area contributed by atoms with Crippen LogP contribution in [0.5, 0.6) is 0 Å². The lowest BCUT2D eigenvalue weighted by molar-refractivity contribution is -0.0827. The number of nitrogens with two attached hydrogens (primary N) is 2. The Morgan fingerprint density at radius 2 is 1.12 bits per heavy atom. The molecular formula is C30H38F2N10O16P2. The summed E-state index contributed by atoms with van der Waals surface area (Å²) in [6.07, 6.45) is -14.6. The number of hydrogen-bond donors (Lipinski definition) is 2. The van der Waals surface area contributed by atoms with Crippen molar-refractivity contribution >= 4 is 61.9 Å². The third-order valence-corrected chi connectivity index (χ3v) is 11.4. The summed E-state index contributed by atoms with van der Waals surface area (Å²) in [6, 6.07) is 0. The molecule has 60 heavy (non-hydrogen) atoms. The number of nitrogen functional groups attached to an aromatic ring is 2. The van der Waals surface area contributed by atoms with Gasteiger partial charge < -0.3 is 39.9 Å². The highest BCUT2D eigenvalue weighted by Crippen LogP contribution is 2.58. The fourth-order valence-corrected chi connectivity index (χ4v) is 8.54. The molecule has 0 unspecified atom stereocenters. The average molecular weight is 895 g/mol. The van der Waals surface area contributed by atoms with Gasteiger partial charge in [-0.05, 0) is 27.7 Å². The molecule has 0 aliphatic carbocycles. The van der Waals surface area contributed by atoms with Gasteiger partial charge in [0.05, 0.1) is 38.1 Å². The van der Waals surface area contributed by atoms with E-state index in [-0.39, 0.29) is 34.0 Å². The molecule has 3 saturated heterocycles. The number of ether oxygens (including phenoxy) is 6. The van der Waals surface area contributed by atoms with E-state index in [1.165, 1.54) is 27.7 Å². The Hall–Kier alpha value is -4.76. The van der Waals surface area contributed by atoms with Crippen LogP contribution >= 0.6 is 15.6 Å². The number of alkyl halides is 2. The fraction of sp³-hybridized carbons (Fsp3) is 0.600. The van der Waals surface area contributed by atoms with E-state index in [0.717, 1.165) is 34.4 Å². The van der Waals surface area contributed by atoms with Crippen molar-refractivity contribution in [2.75, 3.05) is 38.3 Å². The number of aromatic nitrogens is 8. The highest BCUT2D eigenvalue weighted by atomic mass is 31.2. The van der Waals surface area contributed by atoms with Crippen molar-refractivity contribution in [2.45, 2.75) is 89.1 Å². The Labute approximate surface area is 336 Å². The molecule has 4 N–H and O–H groups in total. The van der Waals surface area contributed by atoms with E-state index in [4.69, 9.17) is 67.0 Å². The van der Waals surface area contributed by atoms with Gasteiger partial charge in [0, 0.05) is 0 Å². The van der Waals surface area contributed by atoms with Gasteiger partial charge in [-0.1, -0.05) is 0 Å². The van der Waals surface area contributed by atoms with Crippen molar-refractivity contribution < 1.29 is 83.1 Å². The first kappa shape index (κ1) is 43.3. The molecule has 10 atom stereocenters. The normalized spacial score (nSPS) is 31.1. The summed E-state index contributed by atoms with van der Waals surface area (Å²) in [5.41, 5.74) is 12.0. The monoisotopic (exact) mass is 894 g/mol. The minimum Gasteiger partial charge on any atom is -0.432 e. The van der Waals surface area contributed by atoms with Crippen molar-refractivity contribution in [3.05, 3.63) is 25.3 Å². The van der Waals surface area contributed by atoms with Crippen LogP contribution < -0.4 is 11.5 Å². The molecule has 0 bridgehead atoms. The zero-order chi connectivity index (χ0) is 42.9. The molecule has 3 aliphatic heterocycles. The number of imidazole rings is 2. The maximum absolute atomic E-state index is 16.7. The van der Waals surface area contributed by atoms with Crippen LogP contribution in [-0.4, -0.2) is 127 Å². The van der Waals surface area contributed by atoms with Crippen molar-refractivity contribution in [2.24, 2.45) is 0 Å². The number of anilines is 2. The average Bonchev–Trinajstić information content (AvgIpc) is 3.94. The molecule has 4 aromatic heterocycles. The predicted octanol–water partition coefficient (Wildman–Crippen LogP) is 3.41. The number of halogens is 2. The summed E-state index contributed by atoms with van der Waals surface area (Å²) in [7, 11) is -10.3. The topological polar surface area (TPSA) is 318 Å². The van der Waals surface area contributed by atoms with E-state index < -0.39 is 116 Å². The summed E-state index contributed by atoms with van der Waals surface area (Å²) in [5, 5.41) is 0. The minimum atomic E-state index is -5.15. The number of phosphoric acid groups is 2. The smallest absolute Gasteiger partial charge is 0.432 e. The first-order chi connectivity index (χ1) is 28.5. The molecule has 4 aromatic rings. The van der Waals surface area contributed by atoms with Crippen LogP contribution in [0, 0.1) is 0 Å². The SMILES string of the molecule is CC(C)OC(=O)OCO[P@]1(=O)OC[C@H]2O[C@@H](n3cnc4c(N)ncnc43)[C@H](F)[C@@H]2O[P@](=O)(OCOC(=O)OC(C)C)OC[C@H]2O[C@@H](n3cnc4c(N)ncnc43)[C@H](F)[C@@H]2O1. The summed E-state index contributed by atoms with van der Waals surface area (Å²) in [5.74, 6) is -0.0925. The highest BCUT2D eigenvalue weighted by Gasteiger charge is 2.56. The number of rotatable bonds is 10. The summed E-state index contributed by atoms with van der Waals surface area (Å²) in [4.78, 5) is 48.4. The molecule has 0 amide bonds. The largest absolute Gasteiger partial charge is 0.510 e. The van der Waals surface area contributed by atoms with Gasteiger partial charge >= 0.3 is 28.0 Å². The van der Waals surface area contributed by atoms with Crippen molar-refractivity contribution in [1.82, 2.24) is 39.0 Å². The van der Waals surface area contributed by atoms with Gasteiger partial charge in [-0.2, -0.15) is 0 Å². The second-order valence-corrected chi connectivity index (χ2v) is 16.7. The van der Waals surface area contributed by atoms with Gasteiger partial charge in [0.15, 0.2) is 47.7 Å². The second kappa shape index (κ2) is 17.7. The molecule has 0 saturated carbocycles. The number of nitrogens with zero attached hydrogens (tertiary/aromatic N) is 8. The summed E-state index contributed by atoms with van der Waals surface area (Å²) in [6.45, 7) is 1.94. The number of carbonyl (C=O) groups is 2. The van der Waals surface area contributed by atoms with E-state index in [0.29, 0.717) is 0 Å². The minimum absolute atomic E-state index is 0.0113. The van der Waals surface area contributed by atoms with Crippen LogP contribution in [0.2, 0.25) is 0 Å². The molecule has 7 heterocycles. The van der Waals surface area contributed by atoms with E-state index in [9.17, 15) is 18.7 Å². The maximum Gasteiger partial charge on any atom is 0.510 e. The molecule has 7 rings (SSSR count). The molecule has 328 valence electrons. The molecule has 3 fully saturated rings. The van der Waals surface area contributed by atoms with E-state index >= 15 is 8.78 Å². The molecule has 0 spiro atoms. The van der Waals surface area contributed by atoms with Crippen LogP contribution in [0.15, 0.2) is 25.3 Å². The number of phosphoric ester groups is 2. The summed E-state index contributed by atoms with van der Waals surface area (Å²) >= 11 is 0. The first-order valence-corrected chi connectivity index (χ1v) is 20.7. The van der Waals surface area contributed by atoms with Crippen LogP contribution in [0.1, 0.15) is 40.2 Å². The van der Waals surface area contributed by atoms with Gasteiger partial charge in [-0.15, -0.1) is 0 Å². The quantitative estimate of drug-likeness (QED) is 0.131. The Kier molecular flexibility index (Phi) is 12.8. The molecule has 30 heteroatoms. The van der Waals surface area contributed by atoms with Gasteiger partial charge in [-0.25, -0.2) is 66.5 Å². The molecule has 26 nitrogen and oxygen atoms in total. The maximum atomic E-state index is 16.7. The third-order valence-electron chi connectivity index (χ3n) is 8.59. The lowest BCUT2D eigenvalue weighted by Crippen LogP contribution is -2.38. The molecule has 0 aromatic carbocycles. The van der Waals surface area contributed by atoms with E-state index in [2.05, 4.69) is 29.9 Å². The Balaban J connectivity index is 1.23. The fourth-order valence-electron chi connectivity index (χ4n) is 6.02. The first-order valence-electron chi connectivity index (χ1n) is 17.8. The standard InChI is InChI=1S/C30H38F2N10O16P2/c1-13(2)53-29(43)47-11-51-59(45)49-5-15-22(18(32)28(55-15)42-10-40-20-24(34)36-8-38-26(20)42)58-60(46,52-12-48-30(44)54-14(3)4)50-6-16-21(57-59)17(31)27(56-16)41-9-39-19-23(33)35-7-37-25(19)41/h7-10,13-18,21-22,27-28H,5-6,11-12H2,1-4H3,(H2,33,35,37)(H2,34,36,38)/t15-,16-,17-,18-,21-,22-,27-,28-,59+,60+/m1/s1. The number of hydrogen-bond acceptors (Lipinski definition) is 24. The van der Waals surface area contributed by atoms with Crippen LogP contribution in [0.25, 0.3) is 22.3 Å². The van der Waals surface area contributed by atoms with Gasteiger partial charge in [0.25, 0.3) is 0 Å². The number of fused-ring (bicyclic) bond motifs is 4.